The summed E-state index contributed by atoms with van der Waals surface area (Å²) in [6, 6.07) is 4.80. The Morgan fingerprint density at radius 2 is 2.41 bits per heavy atom. The number of pyridine rings is 1. The molecular formula is C11H16N2O3S. The molecule has 1 atom stereocenters. The predicted octanol–water partition coefficient (Wildman–Crippen LogP) is 1.13. The first-order valence-electron chi connectivity index (χ1n) is 5.19. The molecule has 0 aliphatic carbocycles. The zero-order chi connectivity index (χ0) is 12.7. The second-order valence-corrected chi connectivity index (χ2v) is 4.56. The first-order chi connectivity index (χ1) is 8.13. The number of carboxylic acids is 1. The molecule has 0 aliphatic heterocycles. The summed E-state index contributed by atoms with van der Waals surface area (Å²) in [5, 5.41) is 8.60. The lowest BCUT2D eigenvalue weighted by Gasteiger charge is -2.06. The SMILES string of the molecule is COc1cccc(CSCCC(N)C(=O)O)n1. The maximum Gasteiger partial charge on any atom is 0.320 e. The number of methoxy groups -OCH3 is 1. The van der Waals surface area contributed by atoms with Crippen LogP contribution in [0.5, 0.6) is 5.88 Å². The average Bonchev–Trinajstić information content (AvgIpc) is 2.34. The van der Waals surface area contributed by atoms with Gasteiger partial charge >= 0.3 is 5.97 Å². The lowest BCUT2D eigenvalue weighted by atomic mass is 10.2. The minimum absolute atomic E-state index is 0.462. The van der Waals surface area contributed by atoms with Crippen LogP contribution in [0.4, 0.5) is 0 Å². The van der Waals surface area contributed by atoms with E-state index in [1.54, 1.807) is 24.9 Å². The van der Waals surface area contributed by atoms with Gasteiger partial charge in [0.05, 0.1) is 12.8 Å². The Kier molecular flexibility index (Phi) is 5.79. The molecule has 1 rings (SSSR count). The van der Waals surface area contributed by atoms with Crippen molar-refractivity contribution in [2.75, 3.05) is 12.9 Å². The Bertz CT molecular complexity index is 373. The third-order valence-corrected chi connectivity index (χ3v) is 3.15. The molecule has 1 aromatic heterocycles. The van der Waals surface area contributed by atoms with E-state index in [4.69, 9.17) is 15.6 Å². The highest BCUT2D eigenvalue weighted by Crippen LogP contribution is 2.14. The van der Waals surface area contributed by atoms with Crippen molar-refractivity contribution < 1.29 is 14.6 Å². The summed E-state index contributed by atoms with van der Waals surface area (Å²) in [7, 11) is 1.57. The van der Waals surface area contributed by atoms with Gasteiger partial charge < -0.3 is 15.6 Å². The van der Waals surface area contributed by atoms with E-state index < -0.39 is 12.0 Å². The average molecular weight is 256 g/mol. The number of rotatable bonds is 7. The zero-order valence-electron chi connectivity index (χ0n) is 9.63. The van der Waals surface area contributed by atoms with Crippen molar-refractivity contribution >= 4 is 17.7 Å². The largest absolute Gasteiger partial charge is 0.481 e. The molecule has 0 aromatic carbocycles. The van der Waals surface area contributed by atoms with E-state index in [9.17, 15) is 4.79 Å². The smallest absolute Gasteiger partial charge is 0.320 e. The van der Waals surface area contributed by atoms with Gasteiger partial charge in [-0.3, -0.25) is 4.79 Å². The molecule has 94 valence electrons. The third kappa shape index (κ3) is 5.06. The van der Waals surface area contributed by atoms with E-state index in [1.807, 2.05) is 12.1 Å². The lowest BCUT2D eigenvalue weighted by Crippen LogP contribution is -2.30. The molecule has 0 fully saturated rings. The Morgan fingerprint density at radius 1 is 1.65 bits per heavy atom. The monoisotopic (exact) mass is 256 g/mol. The van der Waals surface area contributed by atoms with Crippen LogP contribution >= 0.6 is 11.8 Å². The fourth-order valence-electron chi connectivity index (χ4n) is 1.16. The van der Waals surface area contributed by atoms with E-state index in [2.05, 4.69) is 4.98 Å². The Hall–Kier alpha value is -1.27. The van der Waals surface area contributed by atoms with Crippen LogP contribution in [-0.2, 0) is 10.5 Å². The van der Waals surface area contributed by atoms with Gasteiger partial charge in [0.25, 0.3) is 0 Å². The van der Waals surface area contributed by atoms with Gasteiger partial charge in [0.15, 0.2) is 0 Å². The third-order valence-electron chi connectivity index (χ3n) is 2.13. The fraction of sp³-hybridized carbons (Fsp3) is 0.455. The molecule has 17 heavy (non-hydrogen) atoms. The van der Waals surface area contributed by atoms with Gasteiger partial charge in [0, 0.05) is 11.8 Å². The Labute approximate surface area is 104 Å². The van der Waals surface area contributed by atoms with Crippen LogP contribution in [0, 0.1) is 0 Å². The van der Waals surface area contributed by atoms with Crippen molar-refractivity contribution in [3.63, 3.8) is 0 Å². The number of carbonyl (C=O) groups is 1. The minimum atomic E-state index is -0.954. The second kappa shape index (κ2) is 7.13. The predicted molar refractivity (Wildman–Crippen MR) is 67.2 cm³/mol. The summed E-state index contributed by atoms with van der Waals surface area (Å²) in [4.78, 5) is 14.7. The van der Waals surface area contributed by atoms with Crippen LogP contribution in [0.2, 0.25) is 0 Å². The van der Waals surface area contributed by atoms with Crippen LogP contribution in [0.1, 0.15) is 12.1 Å². The summed E-state index contributed by atoms with van der Waals surface area (Å²) < 4.78 is 5.01. The summed E-state index contributed by atoms with van der Waals surface area (Å²) in [6.45, 7) is 0. The first-order valence-corrected chi connectivity index (χ1v) is 6.35. The van der Waals surface area contributed by atoms with Crippen LogP contribution in [-0.4, -0.2) is 35.0 Å². The van der Waals surface area contributed by atoms with Gasteiger partial charge in [-0.2, -0.15) is 11.8 Å². The number of nitrogens with zero attached hydrogens (tertiary/aromatic N) is 1. The number of aromatic nitrogens is 1. The molecule has 0 aliphatic rings. The number of nitrogens with two attached hydrogens (primary N) is 1. The minimum Gasteiger partial charge on any atom is -0.481 e. The van der Waals surface area contributed by atoms with Gasteiger partial charge in [0.1, 0.15) is 6.04 Å². The number of aliphatic carboxylic acids is 1. The molecular weight excluding hydrogens is 240 g/mol. The topological polar surface area (TPSA) is 85.4 Å². The maximum atomic E-state index is 10.5. The molecule has 1 unspecified atom stereocenters. The first kappa shape index (κ1) is 13.8. The normalized spacial score (nSPS) is 12.1. The van der Waals surface area contributed by atoms with E-state index in [-0.39, 0.29) is 0 Å². The molecule has 0 bridgehead atoms. The van der Waals surface area contributed by atoms with Crippen molar-refractivity contribution in [3.05, 3.63) is 23.9 Å². The molecule has 1 heterocycles. The van der Waals surface area contributed by atoms with Gasteiger partial charge in [-0.15, -0.1) is 0 Å². The number of carboxylic acid groups (broad SMARTS) is 1. The van der Waals surface area contributed by atoms with Crippen molar-refractivity contribution in [1.82, 2.24) is 4.98 Å². The second-order valence-electron chi connectivity index (χ2n) is 3.46. The molecule has 3 N–H and O–H groups in total. The Morgan fingerprint density at radius 3 is 3.06 bits per heavy atom. The summed E-state index contributed by atoms with van der Waals surface area (Å²) in [5.74, 6) is 1.06. The molecule has 0 saturated carbocycles. The highest BCUT2D eigenvalue weighted by Gasteiger charge is 2.10. The number of thioether (sulfide) groups is 1. The summed E-state index contributed by atoms with van der Waals surface area (Å²) in [6.07, 6.45) is 0.462. The highest BCUT2D eigenvalue weighted by atomic mass is 32.2. The zero-order valence-corrected chi connectivity index (χ0v) is 10.4. The summed E-state index contributed by atoms with van der Waals surface area (Å²) in [5.41, 5.74) is 6.31. The highest BCUT2D eigenvalue weighted by molar-refractivity contribution is 7.98. The Balaban J connectivity index is 2.28. The number of ether oxygens (including phenoxy) is 1. The van der Waals surface area contributed by atoms with Crippen LogP contribution < -0.4 is 10.5 Å². The van der Waals surface area contributed by atoms with Crippen LogP contribution in [0.3, 0.4) is 0 Å². The van der Waals surface area contributed by atoms with Crippen molar-refractivity contribution in [2.45, 2.75) is 18.2 Å². The van der Waals surface area contributed by atoms with Gasteiger partial charge in [-0.25, -0.2) is 4.98 Å². The molecule has 0 radical (unpaired) electrons. The van der Waals surface area contributed by atoms with E-state index in [0.29, 0.717) is 18.1 Å². The molecule has 1 aromatic rings. The standard InChI is InChI=1S/C11H16N2O3S/c1-16-10-4-2-3-8(13-10)7-17-6-5-9(12)11(14)15/h2-4,9H,5-7,12H2,1H3,(H,14,15). The summed E-state index contributed by atoms with van der Waals surface area (Å²) >= 11 is 1.61. The maximum absolute atomic E-state index is 10.5. The fourth-order valence-corrected chi connectivity index (χ4v) is 2.10. The van der Waals surface area contributed by atoms with Crippen molar-refractivity contribution in [1.29, 1.82) is 0 Å². The van der Waals surface area contributed by atoms with Crippen LogP contribution in [0.15, 0.2) is 18.2 Å². The molecule has 0 amide bonds. The molecule has 6 heteroatoms. The lowest BCUT2D eigenvalue weighted by molar-refractivity contribution is -0.138. The molecule has 0 saturated heterocycles. The molecule has 0 spiro atoms. The van der Waals surface area contributed by atoms with Crippen molar-refractivity contribution in [3.8, 4) is 5.88 Å². The van der Waals surface area contributed by atoms with Gasteiger partial charge in [-0.1, -0.05) is 6.07 Å². The van der Waals surface area contributed by atoms with Crippen LogP contribution in [0.25, 0.3) is 0 Å². The van der Waals surface area contributed by atoms with E-state index >= 15 is 0 Å². The number of hydrogen-bond acceptors (Lipinski definition) is 5. The molecule has 5 nitrogen and oxygen atoms in total. The van der Waals surface area contributed by atoms with Gasteiger partial charge in [-0.05, 0) is 18.2 Å². The quantitative estimate of drug-likeness (QED) is 0.711. The van der Waals surface area contributed by atoms with Crippen molar-refractivity contribution in [2.24, 2.45) is 5.73 Å². The number of hydrogen-bond donors (Lipinski definition) is 2. The van der Waals surface area contributed by atoms with E-state index in [0.717, 1.165) is 11.4 Å². The van der Waals surface area contributed by atoms with E-state index in [1.165, 1.54) is 0 Å². The van der Waals surface area contributed by atoms with Gasteiger partial charge in [0.2, 0.25) is 5.88 Å².